The van der Waals surface area contributed by atoms with Crippen LogP contribution in [0.4, 0.5) is 5.13 Å². The largest absolute Gasteiger partial charge is 0.477 e. The maximum absolute atomic E-state index is 12.9. The number of allylic oxidation sites excluding steroid dienone is 2. The number of rotatable bonds is 9. The Hall–Kier alpha value is -3.71. The van der Waals surface area contributed by atoms with Gasteiger partial charge in [0.15, 0.2) is 29.8 Å². The van der Waals surface area contributed by atoms with Crippen LogP contribution in [0.15, 0.2) is 64.6 Å². The number of thiazole rings is 1. The average Bonchev–Trinajstić information content (AvgIpc) is 3.29. The Kier molecular flexibility index (Phi) is 7.46. The van der Waals surface area contributed by atoms with E-state index >= 15 is 0 Å². The minimum Gasteiger partial charge on any atom is -0.477 e. The number of nitrogens with zero attached hydrogens (tertiary/aromatic N) is 4. The maximum Gasteiger partial charge on any atom is 0.352 e. The third-order valence-electron chi connectivity index (χ3n) is 5.32. The normalized spacial score (nSPS) is 20.0. The number of carbonyl (C=O) groups is 3. The summed E-state index contributed by atoms with van der Waals surface area (Å²) in [6, 6.07) is 4.89. The molecule has 0 aliphatic carbocycles. The summed E-state index contributed by atoms with van der Waals surface area (Å²) in [5.41, 5.74) is 6.36. The van der Waals surface area contributed by atoms with Gasteiger partial charge in [0.25, 0.3) is 11.8 Å². The number of oxime groups is 1. The first-order valence-corrected chi connectivity index (χ1v) is 12.5. The van der Waals surface area contributed by atoms with Crippen LogP contribution in [-0.4, -0.2) is 62.8 Å². The highest BCUT2D eigenvalue weighted by atomic mass is 32.2. The first kappa shape index (κ1) is 24.4. The predicted molar refractivity (Wildman–Crippen MR) is 130 cm³/mol. The zero-order valence-electron chi connectivity index (χ0n) is 18.7. The molecule has 0 bridgehead atoms. The van der Waals surface area contributed by atoms with Crippen LogP contribution in [0.2, 0.25) is 0 Å². The Bertz CT molecular complexity index is 1230. The van der Waals surface area contributed by atoms with Crippen LogP contribution in [0.1, 0.15) is 12.1 Å². The van der Waals surface area contributed by atoms with Gasteiger partial charge in [0.2, 0.25) is 0 Å². The molecule has 35 heavy (non-hydrogen) atoms. The van der Waals surface area contributed by atoms with Crippen molar-refractivity contribution in [2.45, 2.75) is 24.4 Å². The van der Waals surface area contributed by atoms with Gasteiger partial charge in [-0.3, -0.25) is 14.5 Å². The van der Waals surface area contributed by atoms with Crippen molar-refractivity contribution in [2.24, 2.45) is 5.16 Å². The number of amides is 2. The number of hydrogen-bond donors (Lipinski definition) is 3. The molecule has 1 saturated heterocycles. The van der Waals surface area contributed by atoms with Crippen LogP contribution in [0.25, 0.3) is 0 Å². The molecule has 2 amide bonds. The van der Waals surface area contributed by atoms with Gasteiger partial charge in [-0.25, -0.2) is 14.3 Å². The van der Waals surface area contributed by atoms with Gasteiger partial charge < -0.3 is 21.0 Å². The molecule has 2 aromatic heterocycles. The number of carboxylic acids is 1. The first-order valence-electron chi connectivity index (χ1n) is 10.5. The lowest BCUT2D eigenvalue weighted by Gasteiger charge is -2.49. The zero-order chi connectivity index (χ0) is 24.9. The van der Waals surface area contributed by atoms with E-state index in [4.69, 9.17) is 10.6 Å². The Morgan fingerprint density at radius 3 is 2.80 bits per heavy atom. The van der Waals surface area contributed by atoms with E-state index < -0.39 is 29.2 Å². The maximum atomic E-state index is 12.9. The molecular weight excluding hydrogens is 492 g/mol. The Morgan fingerprint density at radius 1 is 1.37 bits per heavy atom. The minimum absolute atomic E-state index is 0.0284. The Morgan fingerprint density at radius 2 is 2.14 bits per heavy atom. The molecule has 13 heteroatoms. The number of thioether (sulfide) groups is 1. The van der Waals surface area contributed by atoms with Crippen LogP contribution in [0.5, 0.6) is 0 Å². The highest BCUT2D eigenvalue weighted by molar-refractivity contribution is 8.00. The summed E-state index contributed by atoms with van der Waals surface area (Å²) in [4.78, 5) is 47.8. The molecule has 0 spiro atoms. The van der Waals surface area contributed by atoms with Gasteiger partial charge in [-0.05, 0) is 18.1 Å². The average molecular weight is 516 g/mol. The van der Waals surface area contributed by atoms with Crippen molar-refractivity contribution in [1.82, 2.24) is 15.2 Å². The number of carboxylic acid groups (broad SMARTS) is 1. The highest BCUT2D eigenvalue weighted by Crippen LogP contribution is 2.41. The van der Waals surface area contributed by atoms with Crippen LogP contribution in [0, 0.1) is 0 Å². The third kappa shape index (κ3) is 5.20. The van der Waals surface area contributed by atoms with Gasteiger partial charge >= 0.3 is 5.97 Å². The molecule has 1 fully saturated rings. The molecule has 2 aliphatic rings. The van der Waals surface area contributed by atoms with Crippen molar-refractivity contribution in [3.63, 3.8) is 0 Å². The number of hydrogen-bond acceptors (Lipinski definition) is 9. The summed E-state index contributed by atoms with van der Waals surface area (Å²) in [5.74, 6) is -1.91. The summed E-state index contributed by atoms with van der Waals surface area (Å²) in [5, 5.41) is 17.5. The van der Waals surface area contributed by atoms with Gasteiger partial charge in [0, 0.05) is 23.3 Å². The third-order valence-corrected chi connectivity index (χ3v) is 7.34. The van der Waals surface area contributed by atoms with Crippen molar-refractivity contribution < 1.29 is 28.9 Å². The fraction of sp³-hybridized carbons (Fsp3) is 0.273. The molecule has 4 heterocycles. The molecule has 4 N–H and O–H groups in total. The second-order valence-corrected chi connectivity index (χ2v) is 9.55. The van der Waals surface area contributed by atoms with E-state index in [-0.39, 0.29) is 22.2 Å². The van der Waals surface area contributed by atoms with Crippen molar-refractivity contribution >= 4 is 51.7 Å². The summed E-state index contributed by atoms with van der Waals surface area (Å²) < 4.78 is 1.99. The lowest BCUT2D eigenvalue weighted by atomic mass is 10.0. The van der Waals surface area contributed by atoms with Crippen LogP contribution < -0.4 is 15.6 Å². The lowest BCUT2D eigenvalue weighted by molar-refractivity contribution is -0.687. The van der Waals surface area contributed by atoms with E-state index in [0.717, 1.165) is 11.3 Å². The van der Waals surface area contributed by atoms with E-state index in [2.05, 4.69) is 15.5 Å². The second kappa shape index (κ2) is 10.7. The second-order valence-electron chi connectivity index (χ2n) is 7.56. The van der Waals surface area contributed by atoms with Crippen LogP contribution >= 0.6 is 23.1 Å². The van der Waals surface area contributed by atoms with Gasteiger partial charge in [-0.2, -0.15) is 0 Å². The standard InChI is InChI=1S/C22H22N6O5S2/c1-33-26-15(14-12-35-22(23)24-14)18(29)25-16-19(30)28-17(21(31)32)13(11-34-20(16)28)7-3-6-10-27-8-4-2-5-9-27/h2-6,8-9,12,16,20H,7,10-11H2,1H3,(H3-,23,24,25,29,31,32)/p+1/b6-3-,26-15-/t16-,20-/m1/s1. The molecule has 0 saturated carbocycles. The quantitative estimate of drug-likeness (QED) is 0.146. The Labute approximate surface area is 209 Å². The number of anilines is 1. The minimum atomic E-state index is -1.17. The molecule has 2 aromatic rings. The number of nitrogens with one attached hydrogen (secondary N) is 1. The monoisotopic (exact) mass is 515 g/mol. The SMILES string of the molecule is CO/N=C(\C(=O)N[C@@H]1C(=O)N2C(C(=O)O)=C(C/C=C\C[n+]3ccccc3)CS[C@H]12)c1csc(N)n1. The smallest absolute Gasteiger partial charge is 0.352 e. The molecule has 0 aromatic carbocycles. The molecule has 182 valence electrons. The number of nitrogen functional groups attached to an aromatic ring is 1. The molecular formula is C22H23N6O5S2+. The summed E-state index contributed by atoms with van der Waals surface area (Å²) >= 11 is 2.54. The molecule has 11 nitrogen and oxygen atoms in total. The number of nitrogens with two attached hydrogens (primary N) is 1. The van der Waals surface area contributed by atoms with E-state index in [1.807, 2.05) is 47.3 Å². The first-order chi connectivity index (χ1) is 16.9. The number of fused-ring (bicyclic) bond motifs is 1. The lowest BCUT2D eigenvalue weighted by Crippen LogP contribution is -2.71. The number of aliphatic carboxylic acids is 1. The Balaban J connectivity index is 1.44. The number of carbonyl (C=O) groups excluding carboxylic acids is 2. The topological polar surface area (TPSA) is 151 Å². The molecule has 2 aliphatic heterocycles. The fourth-order valence-electron chi connectivity index (χ4n) is 3.72. The van der Waals surface area contributed by atoms with Crippen molar-refractivity contribution in [3.05, 3.63) is 65.1 Å². The molecule has 0 unspecified atom stereocenters. The van der Waals surface area contributed by atoms with E-state index in [1.54, 1.807) is 5.38 Å². The van der Waals surface area contributed by atoms with Gasteiger partial charge in [0.1, 0.15) is 29.9 Å². The molecule has 4 rings (SSSR count). The molecule has 0 radical (unpaired) electrons. The summed E-state index contributed by atoms with van der Waals surface area (Å²) in [6.07, 6.45) is 8.13. The highest BCUT2D eigenvalue weighted by Gasteiger charge is 2.54. The van der Waals surface area contributed by atoms with Crippen LogP contribution in [0.3, 0.4) is 0 Å². The number of β-lactam (4-membered cyclic amide) rings is 1. The van der Waals surface area contributed by atoms with Gasteiger partial charge in [0.05, 0.1) is 0 Å². The van der Waals surface area contributed by atoms with E-state index in [1.165, 1.54) is 23.8 Å². The fourth-order valence-corrected chi connectivity index (χ4v) is 5.63. The van der Waals surface area contributed by atoms with Crippen LogP contribution in [-0.2, 0) is 25.8 Å². The van der Waals surface area contributed by atoms with E-state index in [0.29, 0.717) is 24.3 Å². The van der Waals surface area contributed by atoms with Crippen molar-refractivity contribution in [3.8, 4) is 0 Å². The predicted octanol–water partition coefficient (Wildman–Crippen LogP) is 0.748. The number of pyridine rings is 1. The number of aromatic nitrogens is 2. The van der Waals surface area contributed by atoms with E-state index in [9.17, 15) is 19.5 Å². The summed E-state index contributed by atoms with van der Waals surface area (Å²) in [7, 11) is 1.29. The van der Waals surface area contributed by atoms with Crippen molar-refractivity contribution in [1.29, 1.82) is 0 Å². The zero-order valence-corrected chi connectivity index (χ0v) is 20.3. The van der Waals surface area contributed by atoms with Gasteiger partial charge in [-0.15, -0.1) is 23.1 Å². The summed E-state index contributed by atoms with van der Waals surface area (Å²) in [6.45, 7) is 0.652. The van der Waals surface area contributed by atoms with Crippen molar-refractivity contribution in [2.75, 3.05) is 18.6 Å². The van der Waals surface area contributed by atoms with Gasteiger partial charge in [-0.1, -0.05) is 17.3 Å². The molecule has 2 atom stereocenters.